The average Bonchev–Trinajstić information content (AvgIpc) is 2.68. The summed E-state index contributed by atoms with van der Waals surface area (Å²) in [5.41, 5.74) is 9.80. The van der Waals surface area contributed by atoms with Crippen LogP contribution in [0.3, 0.4) is 0 Å². The molecule has 0 aliphatic rings. The number of phenolic OH excluding ortho intramolecular Hbond substituents is 1. The van der Waals surface area contributed by atoms with Crippen LogP contribution in [0.4, 0.5) is 0 Å². The summed E-state index contributed by atoms with van der Waals surface area (Å²) in [6.45, 7) is 12.2. The lowest BCUT2D eigenvalue weighted by atomic mass is 9.69. The van der Waals surface area contributed by atoms with Crippen LogP contribution in [0.25, 0.3) is 0 Å². The van der Waals surface area contributed by atoms with Crippen molar-refractivity contribution in [3.05, 3.63) is 65.2 Å². The number of ether oxygens (including phenoxy) is 1. The first-order valence-corrected chi connectivity index (χ1v) is 10.5. The first-order chi connectivity index (χ1) is 13.3. The number of phenols is 1. The van der Waals surface area contributed by atoms with Crippen LogP contribution in [0.1, 0.15) is 70.1 Å². The van der Waals surface area contributed by atoms with Gasteiger partial charge < -0.3 is 15.6 Å². The van der Waals surface area contributed by atoms with E-state index in [1.54, 1.807) is 6.07 Å². The minimum atomic E-state index is -0.332. The number of aromatic hydroxyl groups is 1. The lowest BCUT2D eigenvalue weighted by Crippen LogP contribution is -2.51. The van der Waals surface area contributed by atoms with Crippen molar-refractivity contribution < 1.29 is 9.84 Å². The normalized spacial score (nSPS) is 13.3. The van der Waals surface area contributed by atoms with Gasteiger partial charge in [0.1, 0.15) is 5.75 Å². The third kappa shape index (κ3) is 5.36. The molecule has 0 fully saturated rings. The highest BCUT2D eigenvalue weighted by Crippen LogP contribution is 2.41. The Labute approximate surface area is 170 Å². The molecule has 1 atom stereocenters. The molecule has 28 heavy (non-hydrogen) atoms. The zero-order valence-electron chi connectivity index (χ0n) is 18.1. The first-order valence-electron chi connectivity index (χ1n) is 10.5. The lowest BCUT2D eigenvalue weighted by Gasteiger charge is -2.41. The van der Waals surface area contributed by atoms with Gasteiger partial charge in [0.25, 0.3) is 0 Å². The quantitative estimate of drug-likeness (QED) is 0.506. The van der Waals surface area contributed by atoms with Crippen molar-refractivity contribution in [3.63, 3.8) is 0 Å². The Bertz CT molecular complexity index is 717. The highest BCUT2D eigenvalue weighted by molar-refractivity contribution is 5.44. The van der Waals surface area contributed by atoms with Crippen molar-refractivity contribution in [2.75, 3.05) is 6.61 Å². The smallest absolute Gasteiger partial charge is 0.119 e. The van der Waals surface area contributed by atoms with E-state index < -0.39 is 0 Å². The van der Waals surface area contributed by atoms with Crippen LogP contribution in [0.2, 0.25) is 0 Å². The molecule has 3 N–H and O–H groups in total. The molecule has 0 saturated carbocycles. The Kier molecular flexibility index (Phi) is 8.09. The molecule has 0 aliphatic carbocycles. The van der Waals surface area contributed by atoms with Gasteiger partial charge in [-0.1, -0.05) is 71.0 Å². The van der Waals surface area contributed by atoms with Gasteiger partial charge >= 0.3 is 0 Å². The van der Waals surface area contributed by atoms with E-state index in [1.807, 2.05) is 12.1 Å². The number of hydrogen-bond acceptors (Lipinski definition) is 3. The minimum absolute atomic E-state index is 0.0297. The molecule has 0 amide bonds. The van der Waals surface area contributed by atoms with E-state index in [9.17, 15) is 5.11 Å². The van der Waals surface area contributed by atoms with E-state index in [2.05, 4.69) is 65.0 Å². The van der Waals surface area contributed by atoms with Gasteiger partial charge in [-0.05, 0) is 47.9 Å². The summed E-state index contributed by atoms with van der Waals surface area (Å²) >= 11 is 0. The Balaban J connectivity index is 2.47. The Morgan fingerprint density at radius 2 is 1.64 bits per heavy atom. The van der Waals surface area contributed by atoms with E-state index >= 15 is 0 Å². The van der Waals surface area contributed by atoms with Crippen LogP contribution in [0.5, 0.6) is 5.75 Å². The van der Waals surface area contributed by atoms with Gasteiger partial charge in [-0.15, -0.1) is 0 Å². The van der Waals surface area contributed by atoms with Gasteiger partial charge in [0.05, 0.1) is 6.61 Å². The molecule has 2 rings (SSSR count). The first kappa shape index (κ1) is 22.4. The summed E-state index contributed by atoms with van der Waals surface area (Å²) in [6.07, 6.45) is 1.77. The van der Waals surface area contributed by atoms with Gasteiger partial charge in [-0.3, -0.25) is 0 Å². The van der Waals surface area contributed by atoms with E-state index in [0.717, 1.165) is 30.6 Å². The largest absolute Gasteiger partial charge is 0.508 e. The molecule has 1 unspecified atom stereocenters. The third-order valence-corrected chi connectivity index (χ3v) is 5.99. The second kappa shape index (κ2) is 10.1. The van der Waals surface area contributed by atoms with Gasteiger partial charge in [0.2, 0.25) is 0 Å². The maximum atomic E-state index is 10.7. The molecule has 3 heteroatoms. The standard InChI is InChI=1S/C25H37NO2/c1-6-14-28-17-20-12-13-24(27)22(15-20)23(21-10-8-7-9-11-21)16-25(26,18(2)3)19(4)5/h7-13,15,18-19,23,27H,6,14,16-17,26H2,1-5H3. The average molecular weight is 384 g/mol. The molecular formula is C25H37NO2. The van der Waals surface area contributed by atoms with Gasteiger partial charge in [0.15, 0.2) is 0 Å². The monoisotopic (exact) mass is 383 g/mol. The van der Waals surface area contributed by atoms with E-state index in [0.29, 0.717) is 24.2 Å². The minimum Gasteiger partial charge on any atom is -0.508 e. The summed E-state index contributed by atoms with van der Waals surface area (Å²) in [4.78, 5) is 0. The Morgan fingerprint density at radius 1 is 1.00 bits per heavy atom. The van der Waals surface area contributed by atoms with Crippen molar-refractivity contribution in [2.24, 2.45) is 17.6 Å². The van der Waals surface area contributed by atoms with Crippen LogP contribution in [-0.4, -0.2) is 17.3 Å². The van der Waals surface area contributed by atoms with Crippen molar-refractivity contribution in [2.45, 2.75) is 65.5 Å². The maximum absolute atomic E-state index is 10.7. The molecule has 0 spiro atoms. The van der Waals surface area contributed by atoms with Crippen LogP contribution in [0, 0.1) is 11.8 Å². The van der Waals surface area contributed by atoms with Gasteiger partial charge in [-0.2, -0.15) is 0 Å². The van der Waals surface area contributed by atoms with Crippen molar-refractivity contribution >= 4 is 0 Å². The van der Waals surface area contributed by atoms with Crippen LogP contribution in [-0.2, 0) is 11.3 Å². The van der Waals surface area contributed by atoms with Crippen molar-refractivity contribution in [1.82, 2.24) is 0 Å². The molecule has 3 nitrogen and oxygen atoms in total. The molecule has 0 heterocycles. The highest BCUT2D eigenvalue weighted by Gasteiger charge is 2.36. The maximum Gasteiger partial charge on any atom is 0.119 e. The highest BCUT2D eigenvalue weighted by atomic mass is 16.5. The van der Waals surface area contributed by atoms with E-state index in [-0.39, 0.29) is 11.5 Å². The zero-order chi connectivity index (χ0) is 20.7. The van der Waals surface area contributed by atoms with E-state index in [4.69, 9.17) is 10.5 Å². The third-order valence-electron chi connectivity index (χ3n) is 5.99. The van der Waals surface area contributed by atoms with Crippen molar-refractivity contribution in [3.8, 4) is 5.75 Å². The molecule has 154 valence electrons. The van der Waals surface area contributed by atoms with Gasteiger partial charge in [-0.25, -0.2) is 0 Å². The van der Waals surface area contributed by atoms with Crippen LogP contribution in [0.15, 0.2) is 48.5 Å². The number of benzene rings is 2. The predicted molar refractivity (Wildman–Crippen MR) is 118 cm³/mol. The Hall–Kier alpha value is -1.84. The van der Waals surface area contributed by atoms with Crippen LogP contribution < -0.4 is 5.73 Å². The summed E-state index contributed by atoms with van der Waals surface area (Å²) < 4.78 is 5.72. The molecule has 2 aromatic carbocycles. The fourth-order valence-corrected chi connectivity index (χ4v) is 3.89. The fraction of sp³-hybridized carbons (Fsp3) is 0.520. The van der Waals surface area contributed by atoms with E-state index in [1.165, 1.54) is 5.56 Å². The second-order valence-corrected chi connectivity index (χ2v) is 8.53. The molecule has 0 aromatic heterocycles. The molecule has 0 aliphatic heterocycles. The predicted octanol–water partition coefficient (Wildman–Crippen LogP) is 5.85. The van der Waals surface area contributed by atoms with Crippen LogP contribution >= 0.6 is 0 Å². The number of hydrogen-bond donors (Lipinski definition) is 2. The molecular weight excluding hydrogens is 346 g/mol. The van der Waals surface area contributed by atoms with Crippen molar-refractivity contribution in [1.29, 1.82) is 0 Å². The number of rotatable bonds is 10. The zero-order valence-corrected chi connectivity index (χ0v) is 18.1. The fourth-order valence-electron chi connectivity index (χ4n) is 3.89. The summed E-state index contributed by atoms with van der Waals surface area (Å²) in [5, 5.41) is 10.7. The number of nitrogens with two attached hydrogens (primary N) is 1. The molecule has 0 bridgehead atoms. The lowest BCUT2D eigenvalue weighted by molar-refractivity contribution is 0.121. The second-order valence-electron chi connectivity index (χ2n) is 8.53. The topological polar surface area (TPSA) is 55.5 Å². The molecule has 0 saturated heterocycles. The molecule has 0 radical (unpaired) electrons. The van der Waals surface area contributed by atoms with Gasteiger partial charge in [0, 0.05) is 23.6 Å². The molecule has 2 aromatic rings. The summed E-state index contributed by atoms with van der Waals surface area (Å²) in [5.74, 6) is 1.01. The Morgan fingerprint density at radius 3 is 2.21 bits per heavy atom. The SMILES string of the molecule is CCCOCc1ccc(O)c(C(CC(N)(C(C)C)C(C)C)c2ccccc2)c1. The summed E-state index contributed by atoms with van der Waals surface area (Å²) in [7, 11) is 0. The summed E-state index contributed by atoms with van der Waals surface area (Å²) in [6, 6.07) is 16.2.